The first-order chi connectivity index (χ1) is 20.1. The lowest BCUT2D eigenvalue weighted by Gasteiger charge is -2.25. The molecule has 0 saturated heterocycles. The van der Waals surface area contributed by atoms with Gasteiger partial charge in [0.25, 0.3) is 5.91 Å². The van der Waals surface area contributed by atoms with E-state index in [1.165, 1.54) is 43.3 Å². The quantitative estimate of drug-likeness (QED) is 0.183. The van der Waals surface area contributed by atoms with Crippen LogP contribution in [0.4, 0.5) is 19.4 Å². The number of carbonyl (C=O) groups excluding carboxylic acids is 1. The maximum atomic E-state index is 13.9. The molecule has 0 radical (unpaired) electrons. The van der Waals surface area contributed by atoms with Crippen molar-refractivity contribution in [2.75, 3.05) is 6.61 Å². The van der Waals surface area contributed by atoms with Gasteiger partial charge in [-0.15, -0.1) is 0 Å². The average molecular weight is 717 g/mol. The molecule has 220 valence electrons. The Morgan fingerprint density at radius 1 is 0.857 bits per heavy atom. The zero-order chi connectivity index (χ0) is 31.0. The molecule has 0 fully saturated rings. The topological polar surface area (TPSA) is 95.1 Å². The van der Waals surface area contributed by atoms with Gasteiger partial charge in [0.2, 0.25) is 0 Å². The Morgan fingerprint density at radius 3 is 1.90 bits per heavy atom. The number of nitriles is 2. The van der Waals surface area contributed by atoms with Gasteiger partial charge >= 0.3 is 0 Å². The first-order valence-electron chi connectivity index (χ1n) is 10.8. The highest BCUT2D eigenvalue weighted by Crippen LogP contribution is 2.52. The molecule has 0 heterocycles. The van der Waals surface area contributed by atoms with E-state index in [0.29, 0.717) is 5.02 Å². The van der Waals surface area contributed by atoms with E-state index in [4.69, 9.17) is 32.7 Å². The van der Waals surface area contributed by atoms with Gasteiger partial charge in [-0.2, -0.15) is 30.0 Å². The van der Waals surface area contributed by atoms with Crippen LogP contribution in [0.15, 0.2) is 60.9 Å². The summed E-state index contributed by atoms with van der Waals surface area (Å²) in [7, 11) is 0. The Balaban J connectivity index is 1.97. The van der Waals surface area contributed by atoms with E-state index in [-0.39, 0.29) is 27.8 Å². The fraction of sp³-hybridized carbons (Fsp3) is 0.125. The predicted molar refractivity (Wildman–Crippen MR) is 156 cm³/mol. The summed E-state index contributed by atoms with van der Waals surface area (Å²) in [5.41, 5.74) is -2.64. The van der Waals surface area contributed by atoms with Crippen LogP contribution >= 0.6 is 83.9 Å². The molecule has 0 aromatic heterocycles. The third-order valence-electron chi connectivity index (χ3n) is 5.23. The monoisotopic (exact) mass is 715 g/mol. The van der Waals surface area contributed by atoms with Crippen molar-refractivity contribution in [1.82, 2.24) is 5.32 Å². The van der Waals surface area contributed by atoms with Crippen LogP contribution in [-0.4, -0.2) is 18.1 Å². The van der Waals surface area contributed by atoms with Crippen molar-refractivity contribution in [3.8, 4) is 29.4 Å². The van der Waals surface area contributed by atoms with E-state index in [2.05, 4.69) is 5.32 Å². The SMILES string of the molecule is CC(C#N)(COc1cc(C#N)ccc1Oc1ccc(Cl)cc1Cl)NC(=O)c1c(SF)c(SF)c(SF)c(SF)c1SF. The van der Waals surface area contributed by atoms with Crippen molar-refractivity contribution in [2.24, 2.45) is 0 Å². The van der Waals surface area contributed by atoms with Crippen molar-refractivity contribution >= 4 is 89.8 Å². The minimum Gasteiger partial charge on any atom is -0.486 e. The van der Waals surface area contributed by atoms with E-state index >= 15 is 0 Å². The fourth-order valence-corrected chi connectivity index (χ4v) is 6.67. The van der Waals surface area contributed by atoms with Crippen molar-refractivity contribution in [3.63, 3.8) is 0 Å². The lowest BCUT2D eigenvalue weighted by atomic mass is 10.0. The molecule has 0 aliphatic carbocycles. The first-order valence-corrected chi connectivity index (χ1v) is 15.1. The Morgan fingerprint density at radius 2 is 1.40 bits per heavy atom. The van der Waals surface area contributed by atoms with Crippen LogP contribution in [0.1, 0.15) is 22.8 Å². The number of hydrogen-bond acceptors (Lipinski definition) is 10. The molecule has 42 heavy (non-hydrogen) atoms. The number of nitrogens with one attached hydrogen (secondary N) is 1. The second kappa shape index (κ2) is 15.4. The lowest BCUT2D eigenvalue weighted by Crippen LogP contribution is -2.49. The van der Waals surface area contributed by atoms with E-state index in [1.807, 2.05) is 6.07 Å². The van der Waals surface area contributed by atoms with Crippen molar-refractivity contribution in [3.05, 3.63) is 57.6 Å². The molecule has 0 aliphatic heterocycles. The highest BCUT2D eigenvalue weighted by Gasteiger charge is 2.35. The number of hydrogen-bond donors (Lipinski definition) is 1. The molecule has 3 rings (SSSR count). The van der Waals surface area contributed by atoms with Gasteiger partial charge in [-0.05, 0) is 37.3 Å². The van der Waals surface area contributed by atoms with Crippen LogP contribution < -0.4 is 14.8 Å². The summed E-state index contributed by atoms with van der Waals surface area (Å²) in [4.78, 5) is 9.28. The summed E-state index contributed by atoms with van der Waals surface area (Å²) in [5, 5.41) is 21.9. The van der Waals surface area contributed by atoms with Crippen LogP contribution in [0.25, 0.3) is 0 Å². The van der Waals surface area contributed by atoms with Crippen LogP contribution in [-0.2, 0) is 0 Å². The highest BCUT2D eigenvalue weighted by molar-refractivity contribution is 8.00. The van der Waals surface area contributed by atoms with Gasteiger partial charge in [-0.3, -0.25) is 4.79 Å². The summed E-state index contributed by atoms with van der Waals surface area (Å²) in [6.07, 6.45) is 0. The first kappa shape index (κ1) is 34.2. The standard InChI is InChI=1S/C24H12Cl2F5N3O3S5/c1-24(9-33,34-23(35)17-18(38-27)20(40-29)22(42-31)21(41-30)19(17)39-28)10-36-16-6-11(8-32)2-4-15(16)37-14-5-3-12(25)7-13(14)26/h2-7H,10H2,1H3,(H,34,35). The van der Waals surface area contributed by atoms with Crippen LogP contribution in [0.5, 0.6) is 17.2 Å². The number of benzene rings is 3. The van der Waals surface area contributed by atoms with Crippen molar-refractivity contribution in [1.29, 1.82) is 10.5 Å². The molecule has 0 spiro atoms. The summed E-state index contributed by atoms with van der Waals surface area (Å²) >= 11 is 8.71. The van der Waals surface area contributed by atoms with E-state index < -0.39 is 109 Å². The lowest BCUT2D eigenvalue weighted by molar-refractivity contribution is 0.0892. The van der Waals surface area contributed by atoms with Gasteiger partial charge in [0.05, 0.1) is 114 Å². The molecule has 18 heteroatoms. The van der Waals surface area contributed by atoms with Gasteiger partial charge < -0.3 is 14.8 Å². The van der Waals surface area contributed by atoms with Crippen molar-refractivity contribution in [2.45, 2.75) is 36.9 Å². The summed E-state index contributed by atoms with van der Waals surface area (Å²) in [6.45, 7) is 0.584. The summed E-state index contributed by atoms with van der Waals surface area (Å²) in [6, 6.07) is 12.2. The molecule has 6 nitrogen and oxygen atoms in total. The third kappa shape index (κ3) is 7.60. The Bertz CT molecular complexity index is 1560. The molecule has 0 bridgehead atoms. The largest absolute Gasteiger partial charge is 0.486 e. The Kier molecular flexibility index (Phi) is 12.6. The van der Waals surface area contributed by atoms with Gasteiger partial charge in [-0.25, -0.2) is 0 Å². The molecular formula is C24H12Cl2F5N3O3S5. The summed E-state index contributed by atoms with van der Waals surface area (Å²) < 4.78 is 80.3. The van der Waals surface area contributed by atoms with Crippen LogP contribution in [0.2, 0.25) is 10.0 Å². The second-order valence-corrected chi connectivity index (χ2v) is 11.7. The Labute approximate surface area is 268 Å². The molecule has 1 atom stereocenters. The molecule has 1 amide bonds. The van der Waals surface area contributed by atoms with Gasteiger partial charge in [-0.1, -0.05) is 23.2 Å². The van der Waals surface area contributed by atoms with Crippen LogP contribution in [0, 0.1) is 22.7 Å². The molecule has 1 N–H and O–H groups in total. The predicted octanol–water partition coefficient (Wildman–Crippen LogP) is 10.6. The number of nitrogens with zero attached hydrogens (tertiary/aromatic N) is 2. The normalized spacial score (nSPS) is 12.1. The van der Waals surface area contributed by atoms with Crippen molar-refractivity contribution < 1.29 is 33.7 Å². The zero-order valence-corrected chi connectivity index (χ0v) is 26.1. The van der Waals surface area contributed by atoms with Crippen LogP contribution in [0.3, 0.4) is 0 Å². The molecule has 0 aliphatic rings. The number of carbonyl (C=O) groups is 1. The van der Waals surface area contributed by atoms with Gasteiger partial charge in [0.1, 0.15) is 12.4 Å². The molecule has 1 unspecified atom stereocenters. The number of halogens is 7. The maximum Gasteiger partial charge on any atom is 0.255 e. The zero-order valence-electron chi connectivity index (χ0n) is 20.5. The Hall–Kier alpha value is -2.31. The number of ether oxygens (including phenoxy) is 2. The minimum atomic E-state index is -1.93. The number of rotatable bonds is 12. The highest BCUT2D eigenvalue weighted by atomic mass is 35.5. The second-order valence-electron chi connectivity index (χ2n) is 8.04. The number of amides is 1. The van der Waals surface area contributed by atoms with Gasteiger partial charge in [0, 0.05) is 11.1 Å². The minimum absolute atomic E-state index is 0.0487. The molecule has 0 saturated carbocycles. The van der Waals surface area contributed by atoms with E-state index in [1.54, 1.807) is 6.07 Å². The van der Waals surface area contributed by atoms with Gasteiger partial charge in [0.15, 0.2) is 17.0 Å². The molecule has 3 aromatic carbocycles. The molecular weight excluding hydrogens is 705 g/mol. The molecule has 3 aromatic rings. The van der Waals surface area contributed by atoms with E-state index in [0.717, 1.165) is 0 Å². The fourth-order valence-electron chi connectivity index (χ4n) is 3.29. The average Bonchev–Trinajstić information content (AvgIpc) is 2.99. The third-order valence-corrected chi connectivity index (χ3v) is 9.09. The van der Waals surface area contributed by atoms with E-state index in [9.17, 15) is 34.7 Å². The maximum absolute atomic E-state index is 13.9. The smallest absolute Gasteiger partial charge is 0.255 e. The summed E-state index contributed by atoms with van der Waals surface area (Å²) in [5.74, 6) is -1.12.